The van der Waals surface area contributed by atoms with Crippen LogP contribution in [-0.2, 0) is 13.2 Å². The Morgan fingerprint density at radius 2 is 2.03 bits per heavy atom. The summed E-state index contributed by atoms with van der Waals surface area (Å²) in [7, 11) is 0. The van der Waals surface area contributed by atoms with Gasteiger partial charge in [0.15, 0.2) is 17.3 Å². The van der Waals surface area contributed by atoms with E-state index in [-0.39, 0.29) is 36.4 Å². The second-order valence-electron chi connectivity index (χ2n) is 6.63. The molecule has 158 valence electrons. The molecule has 1 amide bonds. The molecule has 1 N–H and O–H groups in total. The van der Waals surface area contributed by atoms with E-state index in [1.165, 1.54) is 35.3 Å². The van der Waals surface area contributed by atoms with E-state index < -0.39 is 11.7 Å². The number of aromatic nitrogens is 4. The number of nitrogens with zero attached hydrogens (tertiary/aromatic N) is 4. The first-order valence-corrected chi connectivity index (χ1v) is 9.27. The van der Waals surface area contributed by atoms with Gasteiger partial charge in [-0.15, -0.1) is 5.10 Å². The topological polar surface area (TPSA) is 95.1 Å². The highest BCUT2D eigenvalue weighted by Gasteiger charge is 2.22. The minimum absolute atomic E-state index is 0.0182. The molecule has 10 heteroatoms. The van der Waals surface area contributed by atoms with Gasteiger partial charge in [0.2, 0.25) is 5.95 Å². The molecule has 31 heavy (non-hydrogen) atoms. The molecule has 0 aliphatic carbocycles. The Kier molecular flexibility index (Phi) is 5.69. The smallest absolute Gasteiger partial charge is 0.280 e. The molecule has 0 aliphatic rings. The lowest BCUT2D eigenvalue weighted by Crippen LogP contribution is -2.16. The summed E-state index contributed by atoms with van der Waals surface area (Å²) in [5.41, 5.74) is 1.05. The zero-order valence-electron chi connectivity index (χ0n) is 16.4. The Labute approximate surface area is 175 Å². The van der Waals surface area contributed by atoms with Gasteiger partial charge in [0, 0.05) is 0 Å². The van der Waals surface area contributed by atoms with Gasteiger partial charge in [0.05, 0.1) is 12.1 Å². The maximum Gasteiger partial charge on any atom is 0.280 e. The monoisotopic (exact) mass is 425 g/mol. The molecule has 0 fully saturated rings. The van der Waals surface area contributed by atoms with Gasteiger partial charge in [-0.05, 0) is 36.8 Å². The molecule has 0 bridgehead atoms. The largest absolute Gasteiger partial charge is 0.486 e. The number of rotatable bonds is 7. The summed E-state index contributed by atoms with van der Waals surface area (Å²) < 4.78 is 39.1. The number of carbonyl (C=O) groups is 1. The van der Waals surface area contributed by atoms with E-state index in [0.29, 0.717) is 16.9 Å². The quantitative estimate of drug-likeness (QED) is 0.485. The molecule has 4 aromatic rings. The van der Waals surface area contributed by atoms with E-state index in [0.717, 1.165) is 0 Å². The number of benzene rings is 2. The molecule has 0 unspecified atom stereocenters. The zero-order valence-corrected chi connectivity index (χ0v) is 16.4. The van der Waals surface area contributed by atoms with Crippen molar-refractivity contribution in [2.45, 2.75) is 20.1 Å². The van der Waals surface area contributed by atoms with E-state index in [2.05, 4.69) is 20.6 Å². The van der Waals surface area contributed by atoms with Gasteiger partial charge in [-0.2, -0.15) is 0 Å². The Hall–Kier alpha value is -4.08. The van der Waals surface area contributed by atoms with Crippen molar-refractivity contribution >= 4 is 11.9 Å². The minimum atomic E-state index is -0.604. The van der Waals surface area contributed by atoms with E-state index in [1.807, 2.05) is 0 Å². The van der Waals surface area contributed by atoms with Gasteiger partial charge in [-0.3, -0.25) is 10.1 Å². The van der Waals surface area contributed by atoms with Crippen LogP contribution in [0.3, 0.4) is 0 Å². The standard InChI is InChI=1S/C21H17F2N5O3/c1-13-16(11-30-18-8-3-2-7-17(18)23)19(27-31-13)20(29)25-21-24-12-28(26-21)10-14-5-4-6-15(22)9-14/h2-9,12H,10-11H2,1H3,(H,25,26,29). The van der Waals surface area contributed by atoms with Crippen LogP contribution in [-0.4, -0.2) is 25.8 Å². The van der Waals surface area contributed by atoms with Gasteiger partial charge >= 0.3 is 0 Å². The fourth-order valence-corrected chi connectivity index (χ4v) is 2.86. The van der Waals surface area contributed by atoms with Crippen LogP contribution in [0.25, 0.3) is 0 Å². The third-order valence-electron chi connectivity index (χ3n) is 4.40. The van der Waals surface area contributed by atoms with Crippen LogP contribution in [0.15, 0.2) is 59.4 Å². The molecular formula is C21H17F2N5O3. The van der Waals surface area contributed by atoms with Crippen molar-refractivity contribution in [3.8, 4) is 5.75 Å². The van der Waals surface area contributed by atoms with E-state index in [9.17, 15) is 13.6 Å². The van der Waals surface area contributed by atoms with Crippen molar-refractivity contribution in [1.82, 2.24) is 19.9 Å². The first-order chi connectivity index (χ1) is 15.0. The van der Waals surface area contributed by atoms with E-state index in [1.54, 1.807) is 31.2 Å². The molecule has 0 atom stereocenters. The number of ether oxygens (including phenoxy) is 1. The Morgan fingerprint density at radius 1 is 1.19 bits per heavy atom. The van der Waals surface area contributed by atoms with Crippen molar-refractivity contribution in [1.29, 1.82) is 0 Å². The summed E-state index contributed by atoms with van der Waals surface area (Å²) in [6.07, 6.45) is 1.41. The third-order valence-corrected chi connectivity index (χ3v) is 4.40. The van der Waals surface area contributed by atoms with Crippen molar-refractivity contribution in [2.75, 3.05) is 5.32 Å². The molecule has 8 nitrogen and oxygen atoms in total. The number of para-hydroxylation sites is 1. The molecule has 2 aromatic carbocycles. The van der Waals surface area contributed by atoms with Crippen molar-refractivity contribution in [3.05, 3.63) is 89.1 Å². The van der Waals surface area contributed by atoms with Gasteiger partial charge in [0.25, 0.3) is 5.91 Å². The average molecular weight is 425 g/mol. The Bertz CT molecular complexity index is 1220. The number of halogens is 2. The van der Waals surface area contributed by atoms with Crippen molar-refractivity contribution < 1.29 is 22.8 Å². The lowest BCUT2D eigenvalue weighted by atomic mass is 10.2. The SMILES string of the molecule is Cc1onc(C(=O)Nc2ncn(Cc3cccc(F)c3)n2)c1COc1ccccc1F. The lowest BCUT2D eigenvalue weighted by Gasteiger charge is -2.07. The van der Waals surface area contributed by atoms with Crippen LogP contribution in [0.1, 0.15) is 27.4 Å². The molecule has 4 rings (SSSR count). The predicted molar refractivity (Wildman–Crippen MR) is 105 cm³/mol. The second-order valence-corrected chi connectivity index (χ2v) is 6.63. The first kappa shape index (κ1) is 20.2. The van der Waals surface area contributed by atoms with Crippen LogP contribution in [0.5, 0.6) is 5.75 Å². The number of hydrogen-bond acceptors (Lipinski definition) is 6. The average Bonchev–Trinajstić information content (AvgIpc) is 3.33. The summed E-state index contributed by atoms with van der Waals surface area (Å²) in [6, 6.07) is 12.0. The fraction of sp³-hybridized carbons (Fsp3) is 0.143. The van der Waals surface area contributed by atoms with Crippen LogP contribution < -0.4 is 10.1 Å². The van der Waals surface area contributed by atoms with Gasteiger partial charge in [0.1, 0.15) is 24.5 Å². The molecule has 0 aliphatic heterocycles. The van der Waals surface area contributed by atoms with Crippen molar-refractivity contribution in [3.63, 3.8) is 0 Å². The maximum atomic E-state index is 13.8. The maximum absolute atomic E-state index is 13.8. The molecule has 0 saturated heterocycles. The Balaban J connectivity index is 1.43. The van der Waals surface area contributed by atoms with E-state index >= 15 is 0 Å². The van der Waals surface area contributed by atoms with Crippen LogP contribution in [0.4, 0.5) is 14.7 Å². The normalized spacial score (nSPS) is 10.8. The summed E-state index contributed by atoms with van der Waals surface area (Å²) >= 11 is 0. The summed E-state index contributed by atoms with van der Waals surface area (Å²) in [5.74, 6) is -1.01. The van der Waals surface area contributed by atoms with Crippen LogP contribution in [0.2, 0.25) is 0 Å². The molecule has 2 heterocycles. The summed E-state index contributed by atoms with van der Waals surface area (Å²) in [6.45, 7) is 1.79. The number of carbonyl (C=O) groups excluding carboxylic acids is 1. The third kappa shape index (κ3) is 4.74. The predicted octanol–water partition coefficient (Wildman–Crippen LogP) is 3.73. The van der Waals surface area contributed by atoms with Gasteiger partial charge < -0.3 is 9.26 Å². The molecule has 2 aromatic heterocycles. The number of hydrogen-bond donors (Lipinski definition) is 1. The Morgan fingerprint density at radius 3 is 2.84 bits per heavy atom. The van der Waals surface area contributed by atoms with Gasteiger partial charge in [-0.25, -0.2) is 18.4 Å². The van der Waals surface area contributed by atoms with Crippen LogP contribution >= 0.6 is 0 Å². The highest BCUT2D eigenvalue weighted by atomic mass is 19.1. The van der Waals surface area contributed by atoms with Crippen molar-refractivity contribution in [2.24, 2.45) is 0 Å². The minimum Gasteiger partial charge on any atom is -0.486 e. The number of aryl methyl sites for hydroxylation is 1. The van der Waals surface area contributed by atoms with E-state index in [4.69, 9.17) is 9.26 Å². The first-order valence-electron chi connectivity index (χ1n) is 9.27. The van der Waals surface area contributed by atoms with Gasteiger partial charge in [-0.1, -0.05) is 29.4 Å². The number of nitrogens with one attached hydrogen (secondary N) is 1. The molecular weight excluding hydrogens is 408 g/mol. The molecule has 0 radical (unpaired) electrons. The molecule has 0 saturated carbocycles. The molecule has 0 spiro atoms. The summed E-state index contributed by atoms with van der Waals surface area (Å²) in [4.78, 5) is 16.7. The highest BCUT2D eigenvalue weighted by molar-refractivity contribution is 6.02. The highest BCUT2D eigenvalue weighted by Crippen LogP contribution is 2.21. The van der Waals surface area contributed by atoms with Crippen LogP contribution in [0, 0.1) is 18.6 Å². The lowest BCUT2D eigenvalue weighted by molar-refractivity contribution is 0.101. The number of anilines is 1. The fourth-order valence-electron chi connectivity index (χ4n) is 2.86. The number of amides is 1. The second kappa shape index (κ2) is 8.74. The summed E-state index contributed by atoms with van der Waals surface area (Å²) in [5, 5.41) is 10.5. The zero-order chi connectivity index (χ0) is 21.8.